The minimum absolute atomic E-state index is 0.337. The second-order valence-corrected chi connectivity index (χ2v) is 3.92. The molecule has 0 heterocycles. The second-order valence-electron chi connectivity index (χ2n) is 3.05. The van der Waals surface area contributed by atoms with Gasteiger partial charge in [-0.05, 0) is 35.9 Å². The summed E-state index contributed by atoms with van der Waals surface area (Å²) in [5.74, 6) is -0.337. The molecule has 3 heteroatoms. The molecule has 0 aliphatic rings. The number of benzene rings is 2. The van der Waals surface area contributed by atoms with Crippen LogP contribution in [-0.2, 0) is 0 Å². The zero-order valence-corrected chi connectivity index (χ0v) is 9.11. The topological polar surface area (TPSA) is 0 Å². The van der Waals surface area contributed by atoms with Gasteiger partial charge in [-0.1, -0.05) is 35.3 Å². The van der Waals surface area contributed by atoms with E-state index in [1.807, 2.05) is 0 Å². The summed E-state index contributed by atoms with van der Waals surface area (Å²) < 4.78 is 13.4. The van der Waals surface area contributed by atoms with E-state index in [2.05, 4.69) is 6.07 Å². The quantitative estimate of drug-likeness (QED) is 0.683. The van der Waals surface area contributed by atoms with Gasteiger partial charge in [0.05, 0.1) is 0 Å². The molecule has 0 spiro atoms. The fraction of sp³-hybridized carbons (Fsp3) is 0. The summed E-state index contributed by atoms with van der Waals surface area (Å²) in [7, 11) is 0. The van der Waals surface area contributed by atoms with Crippen LogP contribution in [0.4, 0.5) is 4.39 Å². The highest BCUT2D eigenvalue weighted by molar-refractivity contribution is 6.35. The normalized spacial score (nSPS) is 10.3. The van der Waals surface area contributed by atoms with Crippen molar-refractivity contribution in [3.63, 3.8) is 0 Å². The molecular weight excluding hydrogens is 234 g/mol. The summed E-state index contributed by atoms with van der Waals surface area (Å²) in [6.07, 6.45) is 0. The molecule has 0 saturated carbocycles. The van der Waals surface area contributed by atoms with Gasteiger partial charge in [0.2, 0.25) is 0 Å². The van der Waals surface area contributed by atoms with Crippen LogP contribution < -0.4 is 0 Å². The lowest BCUT2D eigenvalue weighted by molar-refractivity contribution is 0.631. The lowest BCUT2D eigenvalue weighted by Gasteiger charge is -2.03. The van der Waals surface area contributed by atoms with Gasteiger partial charge in [0.1, 0.15) is 5.82 Å². The molecule has 0 amide bonds. The first-order chi connectivity index (χ1) is 7.16. The third-order valence-corrected chi connectivity index (χ3v) is 2.39. The van der Waals surface area contributed by atoms with Gasteiger partial charge in [-0.2, -0.15) is 0 Å². The summed E-state index contributed by atoms with van der Waals surface area (Å²) >= 11 is 11.7. The number of hydrogen-bond acceptors (Lipinski definition) is 0. The van der Waals surface area contributed by atoms with Gasteiger partial charge in [0, 0.05) is 15.6 Å². The fourth-order valence-corrected chi connectivity index (χ4v) is 1.86. The average Bonchev–Trinajstić information content (AvgIpc) is 2.16. The summed E-state index contributed by atoms with van der Waals surface area (Å²) in [6.45, 7) is 0. The third kappa shape index (κ3) is 2.31. The molecule has 2 rings (SSSR count). The standard InChI is InChI=1S/C12H6Cl2F/c13-9-5-8(6-10(14)7-9)11-3-1-2-4-12(11)15/h1-2,4-7H. The Kier molecular flexibility index (Phi) is 2.94. The van der Waals surface area contributed by atoms with Crippen molar-refractivity contribution in [2.24, 2.45) is 0 Å². The Morgan fingerprint density at radius 1 is 1.07 bits per heavy atom. The maximum atomic E-state index is 13.4. The summed E-state index contributed by atoms with van der Waals surface area (Å²) in [5, 5.41) is 0.961. The molecule has 0 aliphatic heterocycles. The average molecular weight is 240 g/mol. The third-order valence-electron chi connectivity index (χ3n) is 1.96. The van der Waals surface area contributed by atoms with Gasteiger partial charge < -0.3 is 0 Å². The zero-order valence-electron chi connectivity index (χ0n) is 7.60. The van der Waals surface area contributed by atoms with E-state index in [0.29, 0.717) is 21.2 Å². The van der Waals surface area contributed by atoms with Crippen molar-refractivity contribution in [1.29, 1.82) is 0 Å². The molecule has 0 nitrogen and oxygen atoms in total. The van der Waals surface area contributed by atoms with E-state index in [-0.39, 0.29) is 5.82 Å². The van der Waals surface area contributed by atoms with E-state index >= 15 is 0 Å². The molecule has 0 atom stereocenters. The molecule has 0 aromatic heterocycles. The molecule has 0 bridgehead atoms. The highest BCUT2D eigenvalue weighted by Gasteiger charge is 2.05. The molecule has 0 aliphatic carbocycles. The predicted octanol–water partition coefficient (Wildman–Crippen LogP) is 4.60. The van der Waals surface area contributed by atoms with Gasteiger partial charge in [-0.15, -0.1) is 0 Å². The summed E-state index contributed by atoms with van der Waals surface area (Å²) in [6, 6.07) is 12.3. The van der Waals surface area contributed by atoms with Crippen LogP contribution in [0.1, 0.15) is 0 Å². The molecule has 0 unspecified atom stereocenters. The Morgan fingerprint density at radius 3 is 2.33 bits per heavy atom. The van der Waals surface area contributed by atoms with Crippen LogP contribution in [0.25, 0.3) is 11.1 Å². The van der Waals surface area contributed by atoms with Crippen LogP contribution in [0, 0.1) is 11.9 Å². The van der Waals surface area contributed by atoms with Crippen LogP contribution in [-0.4, -0.2) is 0 Å². The smallest absolute Gasteiger partial charge is 0.131 e. The molecule has 0 N–H and O–H groups in total. The Bertz CT molecular complexity index is 474. The first-order valence-electron chi connectivity index (χ1n) is 4.29. The minimum atomic E-state index is -0.337. The molecular formula is C12H6Cl2F. The van der Waals surface area contributed by atoms with Crippen molar-refractivity contribution in [3.8, 4) is 11.1 Å². The largest absolute Gasteiger partial charge is 0.206 e. The zero-order chi connectivity index (χ0) is 10.8. The molecule has 2 aromatic rings. The van der Waals surface area contributed by atoms with Crippen molar-refractivity contribution in [2.45, 2.75) is 0 Å². The fourth-order valence-electron chi connectivity index (χ4n) is 1.34. The van der Waals surface area contributed by atoms with Crippen LogP contribution in [0.2, 0.25) is 10.0 Å². The van der Waals surface area contributed by atoms with Gasteiger partial charge in [0.25, 0.3) is 0 Å². The van der Waals surface area contributed by atoms with Gasteiger partial charge in [-0.3, -0.25) is 0 Å². The van der Waals surface area contributed by atoms with Crippen molar-refractivity contribution in [3.05, 3.63) is 58.3 Å². The van der Waals surface area contributed by atoms with Crippen LogP contribution in [0.3, 0.4) is 0 Å². The van der Waals surface area contributed by atoms with E-state index in [1.54, 1.807) is 30.3 Å². The molecule has 0 fully saturated rings. The SMILES string of the molecule is Fc1ccc[c]c1-c1cc(Cl)cc(Cl)c1. The number of halogens is 3. The monoisotopic (exact) mass is 239 g/mol. The number of hydrogen-bond donors (Lipinski definition) is 0. The highest BCUT2D eigenvalue weighted by atomic mass is 35.5. The highest BCUT2D eigenvalue weighted by Crippen LogP contribution is 2.28. The van der Waals surface area contributed by atoms with E-state index < -0.39 is 0 Å². The molecule has 75 valence electrons. The summed E-state index contributed by atoms with van der Waals surface area (Å²) in [5.41, 5.74) is 1.01. The van der Waals surface area contributed by atoms with Gasteiger partial charge in [-0.25, -0.2) is 4.39 Å². The van der Waals surface area contributed by atoms with Gasteiger partial charge >= 0.3 is 0 Å². The van der Waals surface area contributed by atoms with Crippen LogP contribution in [0.15, 0.2) is 36.4 Å². The minimum Gasteiger partial charge on any atom is -0.206 e. The van der Waals surface area contributed by atoms with Crippen molar-refractivity contribution in [2.75, 3.05) is 0 Å². The van der Waals surface area contributed by atoms with Gasteiger partial charge in [0.15, 0.2) is 0 Å². The molecule has 2 aromatic carbocycles. The second kappa shape index (κ2) is 4.21. The van der Waals surface area contributed by atoms with E-state index in [1.165, 1.54) is 6.07 Å². The molecule has 1 radical (unpaired) electrons. The molecule has 0 saturated heterocycles. The van der Waals surface area contributed by atoms with E-state index in [4.69, 9.17) is 23.2 Å². The Balaban J connectivity index is 2.59. The Morgan fingerprint density at radius 2 is 1.73 bits per heavy atom. The van der Waals surface area contributed by atoms with Crippen molar-refractivity contribution in [1.82, 2.24) is 0 Å². The van der Waals surface area contributed by atoms with E-state index in [9.17, 15) is 4.39 Å². The first-order valence-corrected chi connectivity index (χ1v) is 5.05. The van der Waals surface area contributed by atoms with Crippen molar-refractivity contribution < 1.29 is 4.39 Å². The maximum Gasteiger partial charge on any atom is 0.131 e. The Hall–Kier alpha value is -1.05. The Labute approximate surface area is 97.3 Å². The lowest BCUT2D eigenvalue weighted by Crippen LogP contribution is -1.84. The molecule has 15 heavy (non-hydrogen) atoms. The number of rotatable bonds is 1. The van der Waals surface area contributed by atoms with E-state index in [0.717, 1.165) is 0 Å². The lowest BCUT2D eigenvalue weighted by atomic mass is 10.1. The van der Waals surface area contributed by atoms with Crippen molar-refractivity contribution >= 4 is 23.2 Å². The van der Waals surface area contributed by atoms with Crippen LogP contribution >= 0.6 is 23.2 Å². The first kappa shape index (κ1) is 10.5. The maximum absolute atomic E-state index is 13.4. The predicted molar refractivity (Wildman–Crippen MR) is 60.7 cm³/mol. The summed E-state index contributed by atoms with van der Waals surface area (Å²) in [4.78, 5) is 0. The van der Waals surface area contributed by atoms with Crippen LogP contribution in [0.5, 0.6) is 0 Å².